The first kappa shape index (κ1) is 7.10. The first-order valence-corrected chi connectivity index (χ1v) is 3.84. The zero-order valence-electron chi connectivity index (χ0n) is 6.70. The zero-order valence-corrected chi connectivity index (χ0v) is 6.70. The van der Waals surface area contributed by atoms with Gasteiger partial charge in [-0.1, -0.05) is 18.2 Å². The average molecular weight is 157 g/mol. The van der Waals surface area contributed by atoms with Crippen LogP contribution in [0.5, 0.6) is 0 Å². The summed E-state index contributed by atoms with van der Waals surface area (Å²) >= 11 is 0. The van der Waals surface area contributed by atoms with Crippen molar-refractivity contribution in [3.8, 4) is 0 Å². The quantitative estimate of drug-likeness (QED) is 0.610. The lowest BCUT2D eigenvalue weighted by atomic mass is 10.3. The van der Waals surface area contributed by atoms with Crippen molar-refractivity contribution >= 4 is 11.0 Å². The second-order valence-corrected chi connectivity index (χ2v) is 2.59. The molecule has 0 aliphatic heterocycles. The van der Waals surface area contributed by atoms with Crippen LogP contribution in [0.25, 0.3) is 11.0 Å². The maximum atomic E-state index is 4.20. The van der Waals surface area contributed by atoms with Crippen molar-refractivity contribution in [2.75, 3.05) is 0 Å². The first-order chi connectivity index (χ1) is 5.92. The molecule has 0 bridgehead atoms. The van der Waals surface area contributed by atoms with E-state index in [9.17, 15) is 0 Å². The van der Waals surface area contributed by atoms with E-state index >= 15 is 0 Å². The van der Waals surface area contributed by atoms with E-state index in [4.69, 9.17) is 0 Å². The fourth-order valence-corrected chi connectivity index (χ4v) is 1.23. The summed E-state index contributed by atoms with van der Waals surface area (Å²) < 4.78 is 2.04. The molecule has 0 atom stereocenters. The van der Waals surface area contributed by atoms with E-state index in [-0.39, 0.29) is 0 Å². The molecule has 0 saturated heterocycles. The molecule has 12 heavy (non-hydrogen) atoms. The third-order valence-electron chi connectivity index (χ3n) is 1.77. The number of para-hydroxylation sites is 1. The standard InChI is InChI=1S/C10H9N2/c1-2-7-12-8-11-9-5-3-4-6-10(9)12/h2-4,6,8H,1,7H2. The molecule has 0 N–H and O–H groups in total. The highest BCUT2D eigenvalue weighted by Crippen LogP contribution is 2.10. The van der Waals surface area contributed by atoms with Crippen LogP contribution in [0.1, 0.15) is 0 Å². The molecule has 0 fully saturated rings. The number of imidazole rings is 1. The van der Waals surface area contributed by atoms with Crippen LogP contribution < -0.4 is 0 Å². The van der Waals surface area contributed by atoms with E-state index < -0.39 is 0 Å². The number of hydrogen-bond acceptors (Lipinski definition) is 1. The summed E-state index contributed by atoms with van der Waals surface area (Å²) in [5, 5.41) is 0. The number of allylic oxidation sites excluding steroid dienone is 1. The normalized spacial score (nSPS) is 10.3. The molecule has 1 heterocycles. The Labute approximate surface area is 71.2 Å². The van der Waals surface area contributed by atoms with Crippen molar-refractivity contribution in [2.45, 2.75) is 6.54 Å². The maximum Gasteiger partial charge on any atom is 0.0963 e. The summed E-state index contributed by atoms with van der Waals surface area (Å²) in [4.78, 5) is 4.20. The Morgan fingerprint density at radius 1 is 1.67 bits per heavy atom. The largest absolute Gasteiger partial charge is 0.327 e. The number of fused-ring (bicyclic) bond motifs is 1. The molecule has 0 saturated carbocycles. The van der Waals surface area contributed by atoms with Crippen molar-refractivity contribution in [1.29, 1.82) is 0 Å². The van der Waals surface area contributed by atoms with Crippen LogP contribution in [0.3, 0.4) is 0 Å². The minimum atomic E-state index is 0.800. The molecule has 2 rings (SSSR count). The summed E-state index contributed by atoms with van der Waals surface area (Å²) in [6.07, 6.45) is 3.66. The van der Waals surface area contributed by atoms with E-state index in [0.29, 0.717) is 0 Å². The van der Waals surface area contributed by atoms with Gasteiger partial charge >= 0.3 is 0 Å². The van der Waals surface area contributed by atoms with Gasteiger partial charge in [0, 0.05) is 12.6 Å². The third kappa shape index (κ3) is 1.01. The molecule has 1 radical (unpaired) electrons. The minimum Gasteiger partial charge on any atom is -0.327 e. The highest BCUT2D eigenvalue weighted by atomic mass is 15.0. The molecule has 1 aromatic heterocycles. The van der Waals surface area contributed by atoms with Crippen molar-refractivity contribution in [3.63, 3.8) is 0 Å². The molecule has 0 aliphatic carbocycles. The van der Waals surface area contributed by atoms with Crippen LogP contribution >= 0.6 is 0 Å². The SMILES string of the molecule is C=CCn1cnc2[c]cccc21. The van der Waals surface area contributed by atoms with Gasteiger partial charge in [0.15, 0.2) is 0 Å². The van der Waals surface area contributed by atoms with E-state index in [0.717, 1.165) is 17.6 Å². The van der Waals surface area contributed by atoms with Crippen molar-refractivity contribution < 1.29 is 0 Å². The third-order valence-corrected chi connectivity index (χ3v) is 1.77. The molecule has 2 aromatic rings. The number of nitrogens with zero attached hydrogens (tertiary/aromatic N) is 2. The molecule has 0 spiro atoms. The van der Waals surface area contributed by atoms with E-state index in [1.807, 2.05) is 35.2 Å². The van der Waals surface area contributed by atoms with Crippen molar-refractivity contribution in [3.05, 3.63) is 43.2 Å². The highest BCUT2D eigenvalue weighted by molar-refractivity contribution is 5.74. The monoisotopic (exact) mass is 157 g/mol. The van der Waals surface area contributed by atoms with Gasteiger partial charge in [-0.2, -0.15) is 0 Å². The summed E-state index contributed by atoms with van der Waals surface area (Å²) in [6.45, 7) is 4.48. The first-order valence-electron chi connectivity index (χ1n) is 3.84. The van der Waals surface area contributed by atoms with Gasteiger partial charge in [-0.3, -0.25) is 0 Å². The van der Waals surface area contributed by atoms with Gasteiger partial charge in [-0.05, 0) is 6.07 Å². The molecule has 2 heteroatoms. The van der Waals surface area contributed by atoms with E-state index in [1.54, 1.807) is 0 Å². The molecular weight excluding hydrogens is 148 g/mol. The number of aromatic nitrogens is 2. The highest BCUT2D eigenvalue weighted by Gasteiger charge is 1.97. The zero-order chi connectivity index (χ0) is 8.39. The fourth-order valence-electron chi connectivity index (χ4n) is 1.23. The topological polar surface area (TPSA) is 17.8 Å². The van der Waals surface area contributed by atoms with Crippen LogP contribution in [0.15, 0.2) is 37.2 Å². The van der Waals surface area contributed by atoms with Gasteiger partial charge in [-0.25, -0.2) is 4.98 Å². The molecular formula is C10H9N2. The number of hydrogen-bond donors (Lipinski definition) is 0. The molecule has 0 aliphatic rings. The van der Waals surface area contributed by atoms with Crippen molar-refractivity contribution in [1.82, 2.24) is 9.55 Å². The lowest BCUT2D eigenvalue weighted by molar-refractivity contribution is 0.851. The Morgan fingerprint density at radius 3 is 3.42 bits per heavy atom. The second-order valence-electron chi connectivity index (χ2n) is 2.59. The summed E-state index contributed by atoms with van der Waals surface area (Å²) in [5.41, 5.74) is 2.02. The second kappa shape index (κ2) is 2.81. The van der Waals surface area contributed by atoms with Gasteiger partial charge in [0.1, 0.15) is 0 Å². The molecule has 1 aromatic carbocycles. The van der Waals surface area contributed by atoms with Gasteiger partial charge in [-0.15, -0.1) is 6.58 Å². The Balaban J connectivity index is 2.62. The van der Waals surface area contributed by atoms with Crippen molar-refractivity contribution in [2.24, 2.45) is 0 Å². The van der Waals surface area contributed by atoms with Crippen LogP contribution in [0.2, 0.25) is 0 Å². The summed E-state index contributed by atoms with van der Waals surface area (Å²) in [5.74, 6) is 0. The molecule has 0 unspecified atom stereocenters. The molecule has 2 nitrogen and oxygen atoms in total. The van der Waals surface area contributed by atoms with E-state index in [2.05, 4.69) is 17.6 Å². The Bertz CT molecular complexity index is 401. The van der Waals surface area contributed by atoms with Gasteiger partial charge in [0.05, 0.1) is 17.4 Å². The van der Waals surface area contributed by atoms with Crippen LogP contribution in [0, 0.1) is 6.07 Å². The minimum absolute atomic E-state index is 0.800. The van der Waals surface area contributed by atoms with Gasteiger partial charge in [0.2, 0.25) is 0 Å². The van der Waals surface area contributed by atoms with Gasteiger partial charge in [0.25, 0.3) is 0 Å². The predicted molar refractivity (Wildman–Crippen MR) is 48.8 cm³/mol. The Kier molecular flexibility index (Phi) is 1.67. The van der Waals surface area contributed by atoms with Crippen LogP contribution in [-0.2, 0) is 6.54 Å². The smallest absolute Gasteiger partial charge is 0.0963 e. The molecule has 59 valence electrons. The average Bonchev–Trinajstić information content (AvgIpc) is 2.50. The fraction of sp³-hybridized carbons (Fsp3) is 0.100. The predicted octanol–water partition coefficient (Wildman–Crippen LogP) is 2.02. The lowest BCUT2D eigenvalue weighted by Crippen LogP contribution is -1.90. The summed E-state index contributed by atoms with van der Waals surface area (Å²) in [7, 11) is 0. The maximum absolute atomic E-state index is 4.20. The van der Waals surface area contributed by atoms with Gasteiger partial charge < -0.3 is 4.57 Å². The number of benzene rings is 1. The summed E-state index contributed by atoms with van der Waals surface area (Å²) in [6, 6.07) is 8.92. The lowest BCUT2D eigenvalue weighted by Gasteiger charge is -1.96. The van der Waals surface area contributed by atoms with Crippen LogP contribution in [-0.4, -0.2) is 9.55 Å². The van der Waals surface area contributed by atoms with E-state index in [1.165, 1.54) is 0 Å². The number of rotatable bonds is 2. The Hall–Kier alpha value is -1.57. The Morgan fingerprint density at radius 2 is 2.58 bits per heavy atom. The molecule has 0 amide bonds. The van der Waals surface area contributed by atoms with Crippen LogP contribution in [0.4, 0.5) is 0 Å².